The molecule has 0 radical (unpaired) electrons. The third-order valence-corrected chi connectivity index (χ3v) is 2.62. The zero-order chi connectivity index (χ0) is 14.4. The van der Waals surface area contributed by atoms with Crippen LogP contribution in [0.15, 0.2) is 42.9 Å². The number of nitrogens with zero attached hydrogens (tertiary/aromatic N) is 2. The summed E-state index contributed by atoms with van der Waals surface area (Å²) in [5.74, 6) is -0.759. The number of carbonyl (C=O) groups is 2. The van der Waals surface area contributed by atoms with Crippen molar-refractivity contribution in [1.29, 1.82) is 0 Å². The largest absolute Gasteiger partial charge is 0.465 e. The van der Waals surface area contributed by atoms with E-state index in [0.29, 0.717) is 23.4 Å². The lowest BCUT2D eigenvalue weighted by atomic mass is 10.1. The Hall–Kier alpha value is -2.76. The van der Waals surface area contributed by atoms with E-state index in [0.717, 1.165) is 0 Å². The summed E-state index contributed by atoms with van der Waals surface area (Å²) in [5, 5.41) is 2.72. The minimum Gasteiger partial charge on any atom is -0.465 e. The van der Waals surface area contributed by atoms with Crippen LogP contribution in [0.25, 0.3) is 0 Å². The number of carbonyl (C=O) groups excluding carboxylic acids is 2. The van der Waals surface area contributed by atoms with Crippen molar-refractivity contribution in [2.24, 2.45) is 0 Å². The highest BCUT2D eigenvalue weighted by atomic mass is 16.5. The van der Waals surface area contributed by atoms with Crippen molar-refractivity contribution in [3.05, 3.63) is 59.7 Å². The third-order valence-electron chi connectivity index (χ3n) is 2.62. The van der Waals surface area contributed by atoms with Gasteiger partial charge in [-0.25, -0.2) is 14.8 Å². The third kappa shape index (κ3) is 3.38. The number of benzene rings is 1. The molecule has 1 aromatic heterocycles. The summed E-state index contributed by atoms with van der Waals surface area (Å²) < 4.78 is 4.61. The molecule has 0 aliphatic carbocycles. The summed E-state index contributed by atoms with van der Waals surface area (Å²) in [7, 11) is 1.30. The van der Waals surface area contributed by atoms with Crippen LogP contribution in [-0.4, -0.2) is 29.0 Å². The molecule has 6 heteroatoms. The van der Waals surface area contributed by atoms with Gasteiger partial charge in [0.05, 0.1) is 24.9 Å². The number of ether oxygens (including phenoxy) is 1. The van der Waals surface area contributed by atoms with E-state index in [4.69, 9.17) is 0 Å². The Morgan fingerprint density at radius 3 is 2.75 bits per heavy atom. The van der Waals surface area contributed by atoms with E-state index in [1.165, 1.54) is 19.5 Å². The molecule has 1 aromatic carbocycles. The van der Waals surface area contributed by atoms with Crippen LogP contribution < -0.4 is 5.32 Å². The van der Waals surface area contributed by atoms with E-state index in [1.54, 1.807) is 30.5 Å². The van der Waals surface area contributed by atoms with Crippen LogP contribution in [0.2, 0.25) is 0 Å². The van der Waals surface area contributed by atoms with E-state index in [9.17, 15) is 9.59 Å². The zero-order valence-corrected chi connectivity index (χ0v) is 10.9. The van der Waals surface area contributed by atoms with Crippen molar-refractivity contribution in [3.63, 3.8) is 0 Å². The standard InChI is InChI=1S/C14H13N3O3/c1-20-14(19)11-4-2-3-10(7-11)13(18)16-8-12-5-6-15-9-17-12/h2-7,9H,8H2,1H3,(H,16,18). The van der Waals surface area contributed by atoms with Gasteiger partial charge in [-0.05, 0) is 24.3 Å². The van der Waals surface area contributed by atoms with Gasteiger partial charge in [0.15, 0.2) is 0 Å². The van der Waals surface area contributed by atoms with E-state index >= 15 is 0 Å². The normalized spacial score (nSPS) is 9.85. The first kappa shape index (κ1) is 13.7. The average molecular weight is 271 g/mol. The maximum Gasteiger partial charge on any atom is 0.337 e. The number of rotatable bonds is 4. The summed E-state index contributed by atoms with van der Waals surface area (Å²) in [6, 6.07) is 8.05. The quantitative estimate of drug-likeness (QED) is 0.845. The molecule has 1 heterocycles. The maximum atomic E-state index is 12.0. The van der Waals surface area contributed by atoms with Crippen LogP contribution in [0, 0.1) is 0 Å². The van der Waals surface area contributed by atoms with Gasteiger partial charge in [0.2, 0.25) is 0 Å². The summed E-state index contributed by atoms with van der Waals surface area (Å²) in [6.45, 7) is 0.295. The van der Waals surface area contributed by atoms with Crippen molar-refractivity contribution in [3.8, 4) is 0 Å². The first-order valence-corrected chi connectivity index (χ1v) is 5.92. The molecular formula is C14H13N3O3. The summed E-state index contributed by atoms with van der Waals surface area (Å²) in [6.07, 6.45) is 3.02. The van der Waals surface area contributed by atoms with Gasteiger partial charge in [-0.15, -0.1) is 0 Å². The van der Waals surface area contributed by atoms with Crippen LogP contribution in [0.1, 0.15) is 26.4 Å². The van der Waals surface area contributed by atoms with Crippen molar-refractivity contribution in [2.75, 3.05) is 7.11 Å². The highest BCUT2D eigenvalue weighted by Crippen LogP contribution is 2.07. The number of amides is 1. The van der Waals surface area contributed by atoms with E-state index < -0.39 is 5.97 Å². The van der Waals surface area contributed by atoms with E-state index in [2.05, 4.69) is 20.0 Å². The number of hydrogen-bond acceptors (Lipinski definition) is 5. The SMILES string of the molecule is COC(=O)c1cccc(C(=O)NCc2ccncn2)c1. The molecule has 0 fully saturated rings. The molecule has 0 aliphatic rings. The van der Waals surface area contributed by atoms with Crippen LogP contribution in [0.3, 0.4) is 0 Å². The molecule has 0 saturated carbocycles. The number of esters is 1. The fourth-order valence-electron chi connectivity index (χ4n) is 1.60. The van der Waals surface area contributed by atoms with E-state index in [-0.39, 0.29) is 5.91 Å². The molecule has 2 rings (SSSR count). The molecule has 0 saturated heterocycles. The molecule has 0 spiro atoms. The Bertz CT molecular complexity index is 614. The molecule has 0 bridgehead atoms. The number of aromatic nitrogens is 2. The Kier molecular flexibility index (Phi) is 4.39. The minimum atomic E-state index is -0.476. The smallest absolute Gasteiger partial charge is 0.337 e. The van der Waals surface area contributed by atoms with Gasteiger partial charge in [0.25, 0.3) is 5.91 Å². The molecule has 1 amide bonds. The first-order chi connectivity index (χ1) is 9.70. The summed E-state index contributed by atoms with van der Waals surface area (Å²) in [4.78, 5) is 31.2. The zero-order valence-electron chi connectivity index (χ0n) is 10.9. The van der Waals surface area contributed by atoms with Crippen LogP contribution in [0.5, 0.6) is 0 Å². The number of hydrogen-bond donors (Lipinski definition) is 1. The van der Waals surface area contributed by atoms with Crippen LogP contribution in [0.4, 0.5) is 0 Å². The Morgan fingerprint density at radius 1 is 1.25 bits per heavy atom. The number of nitrogens with one attached hydrogen (secondary N) is 1. The first-order valence-electron chi connectivity index (χ1n) is 5.92. The van der Waals surface area contributed by atoms with Crippen molar-refractivity contribution in [1.82, 2.24) is 15.3 Å². The highest BCUT2D eigenvalue weighted by Gasteiger charge is 2.10. The van der Waals surface area contributed by atoms with Gasteiger partial charge in [-0.3, -0.25) is 4.79 Å². The molecule has 0 atom stereocenters. The molecule has 102 valence electrons. The summed E-state index contributed by atoms with van der Waals surface area (Å²) >= 11 is 0. The maximum absolute atomic E-state index is 12.0. The molecule has 6 nitrogen and oxygen atoms in total. The van der Waals surface area contributed by atoms with Gasteiger partial charge < -0.3 is 10.1 Å². The van der Waals surface area contributed by atoms with Gasteiger partial charge in [-0.1, -0.05) is 6.07 Å². The van der Waals surface area contributed by atoms with Crippen molar-refractivity contribution in [2.45, 2.75) is 6.54 Å². The Labute approximate surface area is 115 Å². The summed E-state index contributed by atoms with van der Waals surface area (Å²) in [5.41, 5.74) is 1.43. The molecule has 2 aromatic rings. The van der Waals surface area contributed by atoms with Crippen molar-refractivity contribution < 1.29 is 14.3 Å². The predicted octanol–water partition coefficient (Wildman–Crippen LogP) is 1.19. The topological polar surface area (TPSA) is 81.2 Å². The van der Waals surface area contributed by atoms with Crippen LogP contribution >= 0.6 is 0 Å². The van der Waals surface area contributed by atoms with Crippen molar-refractivity contribution >= 4 is 11.9 Å². The lowest BCUT2D eigenvalue weighted by Crippen LogP contribution is -2.23. The van der Waals surface area contributed by atoms with Gasteiger partial charge >= 0.3 is 5.97 Å². The molecule has 0 aliphatic heterocycles. The second kappa shape index (κ2) is 6.42. The van der Waals surface area contributed by atoms with Gasteiger partial charge in [-0.2, -0.15) is 0 Å². The highest BCUT2D eigenvalue weighted by molar-refractivity contribution is 5.97. The van der Waals surface area contributed by atoms with Gasteiger partial charge in [0.1, 0.15) is 6.33 Å². The van der Waals surface area contributed by atoms with Gasteiger partial charge in [0, 0.05) is 11.8 Å². The monoisotopic (exact) mass is 271 g/mol. The van der Waals surface area contributed by atoms with Crippen LogP contribution in [-0.2, 0) is 11.3 Å². The Balaban J connectivity index is 2.04. The molecule has 20 heavy (non-hydrogen) atoms. The molecule has 1 N–H and O–H groups in total. The molecule has 0 unspecified atom stereocenters. The fourth-order valence-corrected chi connectivity index (χ4v) is 1.60. The second-order valence-corrected chi connectivity index (χ2v) is 3.96. The number of methoxy groups -OCH3 is 1. The fraction of sp³-hybridized carbons (Fsp3) is 0.143. The molecular weight excluding hydrogens is 258 g/mol. The Morgan fingerprint density at radius 2 is 2.05 bits per heavy atom. The second-order valence-electron chi connectivity index (χ2n) is 3.96. The lowest BCUT2D eigenvalue weighted by molar-refractivity contribution is 0.0600. The average Bonchev–Trinajstić information content (AvgIpc) is 2.53. The minimum absolute atomic E-state index is 0.283. The lowest BCUT2D eigenvalue weighted by Gasteiger charge is -2.06. The predicted molar refractivity (Wildman–Crippen MR) is 71.0 cm³/mol. The van der Waals surface area contributed by atoms with E-state index in [1.807, 2.05) is 0 Å².